The molecule has 0 aromatic heterocycles. The Balaban J connectivity index is 2.98. The van der Waals surface area contributed by atoms with Gasteiger partial charge >= 0.3 is 10.1 Å². The molecule has 0 bridgehead atoms. The molecular weight excluding hydrogens is 200 g/mol. The Kier molecular flexibility index (Phi) is 2.59. The van der Waals surface area contributed by atoms with Gasteiger partial charge in [-0.2, -0.15) is 8.42 Å². The van der Waals surface area contributed by atoms with Crippen molar-refractivity contribution in [3.8, 4) is 5.75 Å². The molecule has 1 rings (SSSR count). The second-order valence-corrected chi connectivity index (χ2v) is 4.09. The first kappa shape index (κ1) is 9.35. The Morgan fingerprint density at radius 1 is 1.58 bits per heavy atom. The topological polar surface area (TPSA) is 43.4 Å². The zero-order chi connectivity index (χ0) is 9.19. The van der Waals surface area contributed by atoms with E-state index in [1.807, 2.05) is 0 Å². The van der Waals surface area contributed by atoms with Gasteiger partial charge < -0.3 is 4.18 Å². The van der Waals surface area contributed by atoms with Crippen molar-refractivity contribution >= 4 is 21.7 Å². The lowest BCUT2D eigenvalue weighted by atomic mass is 10.3. The van der Waals surface area contributed by atoms with Gasteiger partial charge in [-0.1, -0.05) is 23.7 Å². The fraction of sp³-hybridized carbons (Fsp3) is 0.143. The third-order valence-electron chi connectivity index (χ3n) is 1.01. The van der Waals surface area contributed by atoms with E-state index in [2.05, 4.69) is 10.2 Å². The van der Waals surface area contributed by atoms with Crippen LogP contribution in [0.25, 0.3) is 0 Å². The van der Waals surface area contributed by atoms with E-state index in [9.17, 15) is 8.42 Å². The van der Waals surface area contributed by atoms with Crippen molar-refractivity contribution in [1.29, 1.82) is 0 Å². The summed E-state index contributed by atoms with van der Waals surface area (Å²) in [5, 5.41) is 0.155. The summed E-state index contributed by atoms with van der Waals surface area (Å²) in [6, 6.07) is 7.21. The third kappa shape index (κ3) is 2.71. The van der Waals surface area contributed by atoms with Crippen molar-refractivity contribution in [2.75, 3.05) is 6.26 Å². The predicted molar refractivity (Wildman–Crippen MR) is 45.8 cm³/mol. The number of halogens is 1. The summed E-state index contributed by atoms with van der Waals surface area (Å²) in [7, 11) is -3.50. The van der Waals surface area contributed by atoms with Crippen LogP contribution in [0.3, 0.4) is 0 Å². The lowest BCUT2D eigenvalue weighted by molar-refractivity contribution is 0.493. The molecule has 0 aliphatic carbocycles. The monoisotopic (exact) mass is 205 g/mol. The van der Waals surface area contributed by atoms with Crippen LogP contribution in [-0.2, 0) is 10.1 Å². The Morgan fingerprint density at radius 3 is 2.75 bits per heavy atom. The van der Waals surface area contributed by atoms with Crippen molar-refractivity contribution in [2.24, 2.45) is 0 Å². The molecule has 0 saturated heterocycles. The number of rotatable bonds is 2. The first-order valence-electron chi connectivity index (χ1n) is 3.05. The Hall–Kier alpha value is -0.740. The number of benzene rings is 1. The SMILES string of the molecule is CS(=O)(=O)Oc1ccc[c]c1Cl. The van der Waals surface area contributed by atoms with Crippen LogP contribution in [0.4, 0.5) is 0 Å². The molecule has 0 heterocycles. The summed E-state index contributed by atoms with van der Waals surface area (Å²) >= 11 is 5.59. The molecule has 3 nitrogen and oxygen atoms in total. The van der Waals surface area contributed by atoms with Gasteiger partial charge in [-0.05, 0) is 6.07 Å². The van der Waals surface area contributed by atoms with Crippen LogP contribution in [0.5, 0.6) is 5.75 Å². The van der Waals surface area contributed by atoms with Crippen molar-refractivity contribution in [3.63, 3.8) is 0 Å². The van der Waals surface area contributed by atoms with Crippen LogP contribution in [0.1, 0.15) is 0 Å². The molecule has 0 aliphatic rings. The largest absolute Gasteiger partial charge is 0.381 e. The standard InChI is InChI=1S/C7H6ClO3S/c1-12(9,10)11-7-5-3-2-4-6(7)8/h2-3,5H,1H3. The second-order valence-electron chi connectivity index (χ2n) is 2.14. The highest BCUT2D eigenvalue weighted by Crippen LogP contribution is 2.23. The van der Waals surface area contributed by atoms with Crippen LogP contribution in [0.2, 0.25) is 5.02 Å². The Bertz CT molecular complexity index is 372. The molecule has 0 atom stereocenters. The molecule has 1 aromatic carbocycles. The van der Waals surface area contributed by atoms with Crippen LogP contribution < -0.4 is 4.18 Å². The minimum absolute atomic E-state index is 0.0988. The molecular formula is C7H6ClO3S. The van der Waals surface area contributed by atoms with Gasteiger partial charge in [0.05, 0.1) is 11.3 Å². The van der Waals surface area contributed by atoms with Gasteiger partial charge in [0.25, 0.3) is 0 Å². The highest BCUT2D eigenvalue weighted by atomic mass is 35.5. The predicted octanol–water partition coefficient (Wildman–Crippen LogP) is 1.48. The van der Waals surface area contributed by atoms with E-state index in [0.29, 0.717) is 0 Å². The zero-order valence-electron chi connectivity index (χ0n) is 6.24. The van der Waals surface area contributed by atoms with Gasteiger partial charge in [-0.3, -0.25) is 0 Å². The molecule has 0 N–H and O–H groups in total. The molecule has 0 saturated carbocycles. The molecule has 65 valence electrons. The minimum atomic E-state index is -3.50. The van der Waals surface area contributed by atoms with Crippen LogP contribution >= 0.6 is 11.6 Å². The molecule has 0 amide bonds. The van der Waals surface area contributed by atoms with Gasteiger partial charge in [0, 0.05) is 6.07 Å². The fourth-order valence-electron chi connectivity index (χ4n) is 0.629. The van der Waals surface area contributed by atoms with E-state index in [-0.39, 0.29) is 10.8 Å². The minimum Gasteiger partial charge on any atom is -0.381 e. The highest BCUT2D eigenvalue weighted by Gasteiger charge is 2.06. The molecule has 0 aliphatic heterocycles. The lowest BCUT2D eigenvalue weighted by Crippen LogP contribution is -2.05. The molecule has 0 fully saturated rings. The molecule has 1 radical (unpaired) electrons. The second kappa shape index (κ2) is 3.33. The van der Waals surface area contributed by atoms with E-state index < -0.39 is 10.1 Å². The average Bonchev–Trinajstić information content (AvgIpc) is 1.91. The molecule has 5 heteroatoms. The quantitative estimate of drug-likeness (QED) is 0.687. The van der Waals surface area contributed by atoms with Crippen molar-refractivity contribution in [2.45, 2.75) is 0 Å². The fourth-order valence-corrected chi connectivity index (χ4v) is 1.30. The maximum absolute atomic E-state index is 10.7. The molecule has 12 heavy (non-hydrogen) atoms. The summed E-state index contributed by atoms with van der Waals surface area (Å²) in [6.45, 7) is 0. The zero-order valence-corrected chi connectivity index (χ0v) is 7.82. The lowest BCUT2D eigenvalue weighted by Gasteiger charge is -2.02. The van der Waals surface area contributed by atoms with Crippen LogP contribution in [0, 0.1) is 6.07 Å². The van der Waals surface area contributed by atoms with Gasteiger partial charge in [0.15, 0.2) is 5.75 Å². The normalized spacial score (nSPS) is 11.2. The van der Waals surface area contributed by atoms with Crippen LogP contribution in [-0.4, -0.2) is 14.7 Å². The van der Waals surface area contributed by atoms with E-state index in [1.165, 1.54) is 6.07 Å². The van der Waals surface area contributed by atoms with E-state index in [0.717, 1.165) is 6.26 Å². The number of hydrogen-bond acceptors (Lipinski definition) is 3. The van der Waals surface area contributed by atoms with Crippen molar-refractivity contribution < 1.29 is 12.6 Å². The summed E-state index contributed by atoms with van der Waals surface area (Å²) in [4.78, 5) is 0. The summed E-state index contributed by atoms with van der Waals surface area (Å²) in [5.74, 6) is 0.0988. The van der Waals surface area contributed by atoms with E-state index in [1.54, 1.807) is 12.1 Å². The Morgan fingerprint density at radius 2 is 2.25 bits per heavy atom. The summed E-state index contributed by atoms with van der Waals surface area (Å²) in [5.41, 5.74) is 0. The maximum Gasteiger partial charge on any atom is 0.306 e. The van der Waals surface area contributed by atoms with Gasteiger partial charge in [-0.15, -0.1) is 0 Å². The highest BCUT2D eigenvalue weighted by molar-refractivity contribution is 7.86. The molecule has 0 unspecified atom stereocenters. The van der Waals surface area contributed by atoms with E-state index in [4.69, 9.17) is 11.6 Å². The van der Waals surface area contributed by atoms with Crippen molar-refractivity contribution in [1.82, 2.24) is 0 Å². The maximum atomic E-state index is 10.7. The van der Waals surface area contributed by atoms with E-state index >= 15 is 0 Å². The average molecular weight is 206 g/mol. The summed E-state index contributed by atoms with van der Waals surface area (Å²) < 4.78 is 25.9. The van der Waals surface area contributed by atoms with Gasteiger partial charge in [0.1, 0.15) is 0 Å². The van der Waals surface area contributed by atoms with Gasteiger partial charge in [-0.25, -0.2) is 0 Å². The van der Waals surface area contributed by atoms with Gasteiger partial charge in [0.2, 0.25) is 0 Å². The number of hydrogen-bond donors (Lipinski definition) is 0. The molecule has 0 spiro atoms. The summed E-state index contributed by atoms with van der Waals surface area (Å²) in [6.07, 6.45) is 0.955. The van der Waals surface area contributed by atoms with Crippen LogP contribution in [0.15, 0.2) is 18.2 Å². The van der Waals surface area contributed by atoms with Crippen molar-refractivity contribution in [3.05, 3.63) is 29.3 Å². The first-order chi connectivity index (χ1) is 5.49. The Labute approximate surface area is 76.0 Å². The molecule has 1 aromatic rings. The third-order valence-corrected chi connectivity index (χ3v) is 1.79. The smallest absolute Gasteiger partial charge is 0.306 e. The first-order valence-corrected chi connectivity index (χ1v) is 5.24.